The highest BCUT2D eigenvalue weighted by molar-refractivity contribution is 5.61. The van der Waals surface area contributed by atoms with Crippen molar-refractivity contribution in [2.24, 2.45) is 0 Å². The van der Waals surface area contributed by atoms with Gasteiger partial charge >= 0.3 is 0 Å². The minimum atomic E-state index is 0.508. The van der Waals surface area contributed by atoms with Gasteiger partial charge in [0.15, 0.2) is 11.5 Å². The molecule has 0 unspecified atom stereocenters. The third kappa shape index (κ3) is 4.18. The monoisotopic (exact) mass is 354 g/mol. The highest BCUT2D eigenvalue weighted by Gasteiger charge is 2.15. The average molecular weight is 354 g/mol. The first-order valence-electron chi connectivity index (χ1n) is 9.55. The van der Waals surface area contributed by atoms with Crippen LogP contribution >= 0.6 is 0 Å². The highest BCUT2D eigenvalue weighted by Crippen LogP contribution is 2.33. The fourth-order valence-corrected chi connectivity index (χ4v) is 3.58. The molecule has 138 valence electrons. The topological polar surface area (TPSA) is 68.3 Å². The summed E-state index contributed by atoms with van der Waals surface area (Å²) in [5.74, 6) is 3.02. The van der Waals surface area contributed by atoms with Crippen molar-refractivity contribution in [1.29, 1.82) is 0 Å². The molecule has 6 nitrogen and oxygen atoms in total. The zero-order valence-corrected chi connectivity index (χ0v) is 15.3. The van der Waals surface area contributed by atoms with Gasteiger partial charge < -0.3 is 20.1 Å². The number of aromatic nitrogens is 2. The molecular formula is C20H26N4O2. The van der Waals surface area contributed by atoms with Crippen LogP contribution in [0.25, 0.3) is 0 Å². The molecule has 0 atom stereocenters. The summed E-state index contributed by atoms with van der Waals surface area (Å²) in [5, 5.41) is 6.89. The van der Waals surface area contributed by atoms with E-state index in [1.165, 1.54) is 38.5 Å². The number of anilines is 3. The molecule has 2 aromatic rings. The molecule has 1 aromatic carbocycles. The molecule has 0 spiro atoms. The number of hydrogen-bond donors (Lipinski definition) is 2. The number of nitrogens with zero attached hydrogens (tertiary/aromatic N) is 2. The number of nitrogens with one attached hydrogen (secondary N) is 2. The Hall–Kier alpha value is -2.50. The molecule has 1 aromatic heterocycles. The van der Waals surface area contributed by atoms with Crippen LogP contribution in [0.1, 0.15) is 44.2 Å². The molecule has 6 heteroatoms. The van der Waals surface area contributed by atoms with Crippen LogP contribution in [0.5, 0.6) is 11.5 Å². The number of hydrogen-bond acceptors (Lipinski definition) is 6. The van der Waals surface area contributed by atoms with Crippen LogP contribution in [0.15, 0.2) is 24.3 Å². The van der Waals surface area contributed by atoms with Gasteiger partial charge in [-0.1, -0.05) is 25.7 Å². The van der Waals surface area contributed by atoms with Gasteiger partial charge in [0.2, 0.25) is 5.95 Å². The Bertz CT molecular complexity index is 757. The van der Waals surface area contributed by atoms with Gasteiger partial charge in [0, 0.05) is 29.6 Å². The lowest BCUT2D eigenvalue weighted by molar-refractivity contribution is 0.171. The first-order chi connectivity index (χ1) is 12.8. The second-order valence-corrected chi connectivity index (χ2v) is 7.03. The van der Waals surface area contributed by atoms with Crippen LogP contribution in [-0.2, 0) is 0 Å². The second kappa shape index (κ2) is 7.81. The maximum Gasteiger partial charge on any atom is 0.229 e. The summed E-state index contributed by atoms with van der Waals surface area (Å²) in [5.41, 5.74) is 1.83. The maximum absolute atomic E-state index is 5.64. The van der Waals surface area contributed by atoms with E-state index in [1.807, 2.05) is 31.2 Å². The molecule has 0 bridgehead atoms. The van der Waals surface area contributed by atoms with E-state index in [1.54, 1.807) is 0 Å². The lowest BCUT2D eigenvalue weighted by Gasteiger charge is -2.19. The van der Waals surface area contributed by atoms with Crippen molar-refractivity contribution in [1.82, 2.24) is 9.97 Å². The van der Waals surface area contributed by atoms with Gasteiger partial charge in [-0.2, -0.15) is 4.98 Å². The van der Waals surface area contributed by atoms with Gasteiger partial charge in [0.05, 0.1) is 0 Å². The van der Waals surface area contributed by atoms with Crippen LogP contribution in [0, 0.1) is 6.92 Å². The quantitative estimate of drug-likeness (QED) is 0.792. The van der Waals surface area contributed by atoms with E-state index in [9.17, 15) is 0 Å². The molecule has 0 amide bonds. The molecular weight excluding hydrogens is 328 g/mol. The molecule has 26 heavy (non-hydrogen) atoms. The van der Waals surface area contributed by atoms with Crippen LogP contribution in [0.2, 0.25) is 0 Å². The average Bonchev–Trinajstić information content (AvgIpc) is 2.90. The van der Waals surface area contributed by atoms with Crippen molar-refractivity contribution in [3.63, 3.8) is 0 Å². The van der Waals surface area contributed by atoms with E-state index in [4.69, 9.17) is 9.47 Å². The molecule has 1 fully saturated rings. The summed E-state index contributed by atoms with van der Waals surface area (Å²) in [7, 11) is 0. The lowest BCUT2D eigenvalue weighted by atomic mass is 10.1. The van der Waals surface area contributed by atoms with Crippen molar-refractivity contribution in [2.75, 3.05) is 23.8 Å². The van der Waals surface area contributed by atoms with Gasteiger partial charge in [0.1, 0.15) is 19.0 Å². The normalized spacial score (nSPS) is 17.4. The standard InChI is InChI=1S/C20H26N4O2/c1-14-12-19(22-15-6-4-2-3-5-7-15)24-20(21-14)23-16-8-9-17-18(13-16)26-11-10-25-17/h8-9,12-13,15H,2-7,10-11H2,1H3,(H2,21,22,23,24). The fraction of sp³-hybridized carbons (Fsp3) is 0.500. The number of ether oxygens (including phenoxy) is 2. The summed E-state index contributed by atoms with van der Waals surface area (Å²) in [6, 6.07) is 8.32. The number of fused-ring (bicyclic) bond motifs is 1. The first kappa shape index (κ1) is 16.9. The molecule has 2 N–H and O–H groups in total. The van der Waals surface area contributed by atoms with Crippen molar-refractivity contribution in [2.45, 2.75) is 51.5 Å². The molecule has 1 aliphatic carbocycles. The summed E-state index contributed by atoms with van der Waals surface area (Å²) in [4.78, 5) is 9.18. The number of benzene rings is 1. The van der Waals surface area contributed by atoms with Gasteiger partial charge in [-0.3, -0.25) is 0 Å². The largest absolute Gasteiger partial charge is 0.486 e. The highest BCUT2D eigenvalue weighted by atomic mass is 16.6. The van der Waals surface area contributed by atoms with Crippen LogP contribution < -0.4 is 20.1 Å². The second-order valence-electron chi connectivity index (χ2n) is 7.03. The third-order valence-electron chi connectivity index (χ3n) is 4.86. The Balaban J connectivity index is 1.49. The van der Waals surface area contributed by atoms with E-state index in [0.717, 1.165) is 28.7 Å². The van der Waals surface area contributed by atoms with Crippen LogP contribution in [0.4, 0.5) is 17.5 Å². The summed E-state index contributed by atoms with van der Waals surface area (Å²) >= 11 is 0. The summed E-state index contributed by atoms with van der Waals surface area (Å²) < 4.78 is 11.2. The predicted octanol–water partition coefficient (Wildman–Crippen LogP) is 4.43. The molecule has 0 saturated heterocycles. The van der Waals surface area contributed by atoms with Crippen LogP contribution in [0.3, 0.4) is 0 Å². The van der Waals surface area contributed by atoms with Crippen molar-refractivity contribution in [3.05, 3.63) is 30.0 Å². The van der Waals surface area contributed by atoms with Crippen molar-refractivity contribution in [3.8, 4) is 11.5 Å². The van der Waals surface area contributed by atoms with Crippen LogP contribution in [-0.4, -0.2) is 29.2 Å². The molecule has 1 saturated carbocycles. The predicted molar refractivity (Wildman–Crippen MR) is 103 cm³/mol. The SMILES string of the molecule is Cc1cc(NC2CCCCCC2)nc(Nc2ccc3c(c2)OCCO3)n1. The number of rotatable bonds is 4. The molecule has 4 rings (SSSR count). The summed E-state index contributed by atoms with van der Waals surface area (Å²) in [6.45, 7) is 3.17. The molecule has 2 aliphatic rings. The Morgan fingerprint density at radius 3 is 2.50 bits per heavy atom. The Morgan fingerprint density at radius 2 is 1.69 bits per heavy atom. The first-order valence-corrected chi connectivity index (χ1v) is 9.55. The van der Waals surface area contributed by atoms with Crippen molar-refractivity contribution < 1.29 is 9.47 Å². The Morgan fingerprint density at radius 1 is 0.923 bits per heavy atom. The van der Waals surface area contributed by atoms with Gasteiger partial charge in [-0.05, 0) is 31.9 Å². The third-order valence-corrected chi connectivity index (χ3v) is 4.86. The lowest BCUT2D eigenvalue weighted by Crippen LogP contribution is -2.19. The van der Waals surface area contributed by atoms with E-state index in [0.29, 0.717) is 25.2 Å². The minimum Gasteiger partial charge on any atom is -0.486 e. The van der Waals surface area contributed by atoms with Gasteiger partial charge in [-0.15, -0.1) is 0 Å². The molecule has 0 radical (unpaired) electrons. The fourth-order valence-electron chi connectivity index (χ4n) is 3.58. The molecule has 1 aliphatic heterocycles. The number of aryl methyl sites for hydroxylation is 1. The zero-order chi connectivity index (χ0) is 17.8. The van der Waals surface area contributed by atoms with E-state index in [-0.39, 0.29) is 0 Å². The summed E-state index contributed by atoms with van der Waals surface area (Å²) in [6.07, 6.45) is 7.71. The zero-order valence-electron chi connectivity index (χ0n) is 15.3. The maximum atomic E-state index is 5.64. The van der Waals surface area contributed by atoms with E-state index >= 15 is 0 Å². The minimum absolute atomic E-state index is 0.508. The Labute approximate surface area is 154 Å². The van der Waals surface area contributed by atoms with Gasteiger partial charge in [-0.25, -0.2) is 4.98 Å². The van der Waals surface area contributed by atoms with E-state index in [2.05, 4.69) is 20.6 Å². The Kier molecular flexibility index (Phi) is 5.09. The molecule has 2 heterocycles. The van der Waals surface area contributed by atoms with Gasteiger partial charge in [0.25, 0.3) is 0 Å². The smallest absolute Gasteiger partial charge is 0.229 e. The van der Waals surface area contributed by atoms with Crippen molar-refractivity contribution >= 4 is 17.5 Å². The van der Waals surface area contributed by atoms with E-state index < -0.39 is 0 Å².